The zero-order valence-corrected chi connectivity index (χ0v) is 18.3. The molecule has 164 valence electrons. The van der Waals surface area contributed by atoms with Gasteiger partial charge in [-0.15, -0.1) is 0 Å². The maximum atomic E-state index is 14.1. The van der Waals surface area contributed by atoms with Crippen molar-refractivity contribution in [3.63, 3.8) is 0 Å². The molecule has 2 aromatic rings. The van der Waals surface area contributed by atoms with Crippen LogP contribution in [0.25, 0.3) is 0 Å². The first-order valence-electron chi connectivity index (χ1n) is 11.0. The van der Waals surface area contributed by atoms with Crippen molar-refractivity contribution in [2.45, 2.75) is 37.6 Å². The van der Waals surface area contributed by atoms with Gasteiger partial charge in [0.05, 0.1) is 0 Å². The Morgan fingerprint density at radius 1 is 1.03 bits per heavy atom. The summed E-state index contributed by atoms with van der Waals surface area (Å²) in [5, 5.41) is 0. The molecule has 2 heterocycles. The molecule has 0 spiro atoms. The van der Waals surface area contributed by atoms with Gasteiger partial charge in [-0.05, 0) is 55.1 Å². The molecule has 5 nitrogen and oxygen atoms in total. The average molecular weight is 424 g/mol. The molecule has 1 fully saturated rings. The number of para-hydroxylation sites is 1. The third-order valence-corrected chi connectivity index (χ3v) is 6.55. The summed E-state index contributed by atoms with van der Waals surface area (Å²) in [4.78, 5) is 31.5. The minimum absolute atomic E-state index is 0.0126. The molecule has 0 N–H and O–H groups in total. The van der Waals surface area contributed by atoms with Gasteiger partial charge < -0.3 is 9.80 Å². The highest BCUT2D eigenvalue weighted by molar-refractivity contribution is 6.03. The Bertz CT molecular complexity index is 953. The molecule has 0 saturated carbocycles. The van der Waals surface area contributed by atoms with E-state index in [9.17, 15) is 14.0 Å². The second-order valence-corrected chi connectivity index (χ2v) is 8.73. The second kappa shape index (κ2) is 9.18. The third-order valence-electron chi connectivity index (χ3n) is 6.55. The van der Waals surface area contributed by atoms with Gasteiger partial charge in [0.15, 0.2) is 0 Å². The number of nitrogens with zero attached hydrogens (tertiary/aromatic N) is 3. The van der Waals surface area contributed by atoms with Crippen molar-refractivity contribution >= 4 is 17.5 Å². The minimum Gasteiger partial charge on any atom is -0.347 e. The van der Waals surface area contributed by atoms with Crippen LogP contribution in [0, 0.1) is 5.82 Å². The van der Waals surface area contributed by atoms with Gasteiger partial charge in [0, 0.05) is 39.2 Å². The van der Waals surface area contributed by atoms with Gasteiger partial charge in [-0.3, -0.25) is 14.5 Å². The van der Waals surface area contributed by atoms with Crippen LogP contribution in [0.2, 0.25) is 0 Å². The number of hydrogen-bond donors (Lipinski definition) is 0. The first kappa shape index (κ1) is 21.5. The number of benzene rings is 2. The molecule has 2 amide bonds. The number of piperidine rings is 1. The first-order valence-corrected chi connectivity index (χ1v) is 11.0. The van der Waals surface area contributed by atoms with E-state index in [4.69, 9.17) is 0 Å². The molecule has 1 saturated heterocycles. The number of anilines is 1. The molecule has 0 radical (unpaired) electrons. The fourth-order valence-corrected chi connectivity index (χ4v) is 4.84. The molecular formula is C25H30FN3O2. The molecule has 1 unspecified atom stereocenters. The van der Waals surface area contributed by atoms with Crippen molar-refractivity contribution in [2.24, 2.45) is 0 Å². The first-order chi connectivity index (χ1) is 15.0. The van der Waals surface area contributed by atoms with Crippen LogP contribution in [-0.4, -0.2) is 61.4 Å². The topological polar surface area (TPSA) is 43.9 Å². The Labute approximate surface area is 183 Å². The van der Waals surface area contributed by atoms with E-state index in [1.807, 2.05) is 36.4 Å². The number of carbonyl (C=O) groups excluding carboxylic acids is 2. The monoisotopic (exact) mass is 423 g/mol. The predicted molar refractivity (Wildman–Crippen MR) is 120 cm³/mol. The SMILES string of the molecule is CN(C)C(=O)C1Cc2ccccc2N1C(=O)CCN1CCC(c2ccccc2F)CC1. The van der Waals surface area contributed by atoms with Gasteiger partial charge in [-0.2, -0.15) is 0 Å². The lowest BCUT2D eigenvalue weighted by Gasteiger charge is -2.33. The average Bonchev–Trinajstić information content (AvgIpc) is 3.17. The molecule has 4 rings (SSSR count). The third kappa shape index (κ3) is 4.49. The summed E-state index contributed by atoms with van der Waals surface area (Å²) in [5.41, 5.74) is 2.70. The molecule has 0 aromatic heterocycles. The summed E-state index contributed by atoms with van der Waals surface area (Å²) < 4.78 is 14.1. The van der Waals surface area contributed by atoms with E-state index in [1.54, 1.807) is 30.0 Å². The lowest BCUT2D eigenvalue weighted by molar-refractivity contribution is -0.132. The zero-order chi connectivity index (χ0) is 22.0. The van der Waals surface area contributed by atoms with Crippen LogP contribution in [-0.2, 0) is 16.0 Å². The van der Waals surface area contributed by atoms with Crippen molar-refractivity contribution in [2.75, 3.05) is 38.6 Å². The molecule has 0 aliphatic carbocycles. The van der Waals surface area contributed by atoms with Crippen LogP contribution in [0.4, 0.5) is 10.1 Å². The summed E-state index contributed by atoms with van der Waals surface area (Å²) in [6.07, 6.45) is 2.72. The fraction of sp³-hybridized carbons (Fsp3) is 0.440. The molecule has 0 bridgehead atoms. The Kier molecular flexibility index (Phi) is 6.37. The molecule has 2 aliphatic rings. The van der Waals surface area contributed by atoms with Crippen LogP contribution < -0.4 is 4.90 Å². The second-order valence-electron chi connectivity index (χ2n) is 8.73. The Morgan fingerprint density at radius 3 is 2.42 bits per heavy atom. The number of carbonyl (C=O) groups is 2. The number of amides is 2. The summed E-state index contributed by atoms with van der Waals surface area (Å²) in [6.45, 7) is 2.36. The van der Waals surface area contributed by atoms with E-state index in [2.05, 4.69) is 4.90 Å². The largest absolute Gasteiger partial charge is 0.347 e. The molecular weight excluding hydrogens is 393 g/mol. The molecule has 1 atom stereocenters. The number of likely N-dealkylation sites (N-methyl/N-ethyl adjacent to an activating group) is 1. The van der Waals surface area contributed by atoms with Crippen molar-refractivity contribution in [1.82, 2.24) is 9.80 Å². The highest BCUT2D eigenvalue weighted by atomic mass is 19.1. The standard InChI is InChI=1S/C25H30FN3O2/c1-27(2)25(31)23-17-19-7-3-6-10-22(19)29(23)24(30)13-16-28-14-11-18(12-15-28)20-8-4-5-9-21(20)26/h3-10,18,23H,11-17H2,1-2H3. The normalized spacial score (nSPS) is 19.3. The quantitative estimate of drug-likeness (QED) is 0.740. The van der Waals surface area contributed by atoms with Crippen molar-refractivity contribution in [3.05, 3.63) is 65.5 Å². The lowest BCUT2D eigenvalue weighted by atomic mass is 9.89. The van der Waals surface area contributed by atoms with Crippen LogP contribution in [0.5, 0.6) is 0 Å². The van der Waals surface area contributed by atoms with E-state index in [1.165, 1.54) is 6.07 Å². The molecule has 2 aliphatic heterocycles. The van der Waals surface area contributed by atoms with Gasteiger partial charge in [-0.25, -0.2) is 4.39 Å². The molecule has 2 aromatic carbocycles. The fourth-order valence-electron chi connectivity index (χ4n) is 4.84. The van der Waals surface area contributed by atoms with E-state index in [0.717, 1.165) is 42.7 Å². The Hall–Kier alpha value is -2.73. The number of rotatable bonds is 5. The maximum absolute atomic E-state index is 14.1. The van der Waals surface area contributed by atoms with Crippen molar-refractivity contribution < 1.29 is 14.0 Å². The number of fused-ring (bicyclic) bond motifs is 1. The van der Waals surface area contributed by atoms with Crippen LogP contribution in [0.3, 0.4) is 0 Å². The smallest absolute Gasteiger partial charge is 0.245 e. The Balaban J connectivity index is 1.37. The Morgan fingerprint density at radius 2 is 1.71 bits per heavy atom. The summed E-state index contributed by atoms with van der Waals surface area (Å²) >= 11 is 0. The minimum atomic E-state index is -0.466. The highest BCUT2D eigenvalue weighted by Gasteiger charge is 2.38. The van der Waals surface area contributed by atoms with Crippen molar-refractivity contribution in [1.29, 1.82) is 0 Å². The van der Waals surface area contributed by atoms with E-state index in [-0.39, 0.29) is 23.5 Å². The van der Waals surface area contributed by atoms with Crippen LogP contribution in [0.15, 0.2) is 48.5 Å². The highest BCUT2D eigenvalue weighted by Crippen LogP contribution is 2.34. The van der Waals surface area contributed by atoms with E-state index in [0.29, 0.717) is 19.4 Å². The number of likely N-dealkylation sites (tertiary alicyclic amines) is 1. The van der Waals surface area contributed by atoms with E-state index >= 15 is 0 Å². The summed E-state index contributed by atoms with van der Waals surface area (Å²) in [7, 11) is 3.46. The van der Waals surface area contributed by atoms with Gasteiger partial charge in [-0.1, -0.05) is 36.4 Å². The predicted octanol–water partition coefficient (Wildman–Crippen LogP) is 3.44. The maximum Gasteiger partial charge on any atom is 0.245 e. The van der Waals surface area contributed by atoms with Gasteiger partial charge >= 0.3 is 0 Å². The van der Waals surface area contributed by atoms with Gasteiger partial charge in [0.25, 0.3) is 0 Å². The molecule has 6 heteroatoms. The molecule has 31 heavy (non-hydrogen) atoms. The zero-order valence-electron chi connectivity index (χ0n) is 18.3. The lowest BCUT2D eigenvalue weighted by Crippen LogP contribution is -2.48. The van der Waals surface area contributed by atoms with E-state index < -0.39 is 6.04 Å². The van der Waals surface area contributed by atoms with Gasteiger partial charge in [0.1, 0.15) is 11.9 Å². The summed E-state index contributed by atoms with van der Waals surface area (Å²) in [6, 6.07) is 14.3. The van der Waals surface area contributed by atoms with Crippen LogP contribution >= 0.6 is 0 Å². The number of hydrogen-bond acceptors (Lipinski definition) is 3. The summed E-state index contributed by atoms with van der Waals surface area (Å²) in [5.74, 6) is 0.0535. The van der Waals surface area contributed by atoms with Crippen molar-refractivity contribution in [3.8, 4) is 0 Å². The number of halogens is 1. The van der Waals surface area contributed by atoms with Gasteiger partial charge in [0.2, 0.25) is 11.8 Å². The van der Waals surface area contributed by atoms with Crippen LogP contribution in [0.1, 0.15) is 36.3 Å².